The molecular weight excluding hydrogens is 398 g/mol. The average Bonchev–Trinajstić information content (AvgIpc) is 2.74. The lowest BCUT2D eigenvalue weighted by molar-refractivity contribution is -0.168. The van der Waals surface area contributed by atoms with Crippen molar-refractivity contribution < 1.29 is 27.2 Å². The van der Waals surface area contributed by atoms with Crippen molar-refractivity contribution in [1.29, 1.82) is 0 Å². The van der Waals surface area contributed by atoms with Crippen molar-refractivity contribution in [3.63, 3.8) is 0 Å². The molecule has 2 aliphatic rings. The van der Waals surface area contributed by atoms with Crippen LogP contribution in [0.2, 0.25) is 19.6 Å². The number of nitrogens with zero attached hydrogens (tertiary/aromatic N) is 1. The predicted molar refractivity (Wildman–Crippen MR) is 106 cm³/mol. The molecule has 9 heteroatoms. The van der Waals surface area contributed by atoms with E-state index in [1.54, 1.807) is 0 Å². The second-order valence-electron chi connectivity index (χ2n) is 8.81. The summed E-state index contributed by atoms with van der Waals surface area (Å²) in [5.41, 5.74) is 0.794. The van der Waals surface area contributed by atoms with E-state index in [1.807, 2.05) is 50.0 Å². The van der Waals surface area contributed by atoms with E-state index in [4.69, 9.17) is 9.16 Å². The highest BCUT2D eigenvalue weighted by molar-refractivity contribution is 7.93. The standard InChI is InChI=1S/C19H27NO6SSi/c1-19(2)15(18(22)25-11-13-9-7-6-8-10-13)20-16(21)14(12-26-28(3,4)5)17(20)27(19,23)24/h6-10,14-15,17H,11-12H2,1-5H3/t14-,15+,17-/m1/s1. The Kier molecular flexibility index (Phi) is 5.22. The molecule has 154 valence electrons. The molecule has 2 aliphatic heterocycles. The quantitative estimate of drug-likeness (QED) is 0.393. The number of ether oxygens (including phenoxy) is 1. The van der Waals surface area contributed by atoms with Crippen molar-refractivity contribution in [2.24, 2.45) is 5.92 Å². The van der Waals surface area contributed by atoms with Gasteiger partial charge in [0.2, 0.25) is 5.91 Å². The number of hydrogen-bond acceptors (Lipinski definition) is 6. The predicted octanol–water partition coefficient (Wildman–Crippen LogP) is 1.94. The van der Waals surface area contributed by atoms with E-state index in [0.29, 0.717) is 0 Å². The molecule has 2 fully saturated rings. The Labute approximate surface area is 167 Å². The van der Waals surface area contributed by atoms with Crippen LogP contribution in [0.4, 0.5) is 0 Å². The van der Waals surface area contributed by atoms with E-state index < -0.39 is 46.2 Å². The highest BCUT2D eigenvalue weighted by atomic mass is 32.2. The van der Waals surface area contributed by atoms with Gasteiger partial charge in [0.05, 0.1) is 10.7 Å². The molecule has 1 aromatic rings. The van der Waals surface area contributed by atoms with Gasteiger partial charge < -0.3 is 14.1 Å². The summed E-state index contributed by atoms with van der Waals surface area (Å²) in [6, 6.07) is 7.97. The number of benzene rings is 1. The third kappa shape index (κ3) is 3.39. The first-order chi connectivity index (χ1) is 12.9. The smallest absolute Gasteiger partial charge is 0.330 e. The minimum atomic E-state index is -3.75. The maximum atomic E-state index is 13.1. The minimum absolute atomic E-state index is 0.0289. The van der Waals surface area contributed by atoms with Gasteiger partial charge in [-0.15, -0.1) is 0 Å². The van der Waals surface area contributed by atoms with Crippen LogP contribution in [0.1, 0.15) is 19.4 Å². The molecule has 2 heterocycles. The van der Waals surface area contributed by atoms with Crippen molar-refractivity contribution in [3.05, 3.63) is 35.9 Å². The van der Waals surface area contributed by atoms with Crippen molar-refractivity contribution in [2.45, 2.75) is 56.3 Å². The summed E-state index contributed by atoms with van der Waals surface area (Å²) in [7, 11) is -5.66. The fourth-order valence-electron chi connectivity index (χ4n) is 3.69. The van der Waals surface area contributed by atoms with E-state index in [1.165, 1.54) is 18.7 Å². The number of carbonyl (C=O) groups is 2. The molecule has 0 bridgehead atoms. The molecule has 0 saturated carbocycles. The number of hydrogen-bond donors (Lipinski definition) is 0. The largest absolute Gasteiger partial charge is 0.459 e. The maximum absolute atomic E-state index is 13.1. The number of fused-ring (bicyclic) bond motifs is 1. The van der Waals surface area contributed by atoms with Crippen molar-refractivity contribution in [3.8, 4) is 0 Å². The molecule has 0 unspecified atom stereocenters. The average molecular weight is 426 g/mol. The molecule has 1 aromatic carbocycles. The monoisotopic (exact) mass is 425 g/mol. The van der Waals surface area contributed by atoms with Gasteiger partial charge in [-0.2, -0.15) is 0 Å². The Bertz CT molecular complexity index is 877. The molecule has 0 N–H and O–H groups in total. The van der Waals surface area contributed by atoms with Gasteiger partial charge in [-0.3, -0.25) is 4.79 Å². The molecule has 0 radical (unpaired) electrons. The molecular formula is C19H27NO6SSi. The summed E-state index contributed by atoms with van der Waals surface area (Å²) in [5.74, 6) is -1.82. The third-order valence-corrected chi connectivity index (χ3v) is 9.24. The van der Waals surface area contributed by atoms with Crippen LogP contribution in [0.5, 0.6) is 0 Å². The maximum Gasteiger partial charge on any atom is 0.330 e. The van der Waals surface area contributed by atoms with E-state index >= 15 is 0 Å². The van der Waals surface area contributed by atoms with Crippen LogP contribution < -0.4 is 0 Å². The molecule has 0 aliphatic carbocycles. The number of rotatable bonds is 6. The first-order valence-electron chi connectivity index (χ1n) is 9.28. The van der Waals surface area contributed by atoms with Crippen LogP contribution in [0, 0.1) is 5.92 Å². The zero-order valence-electron chi connectivity index (χ0n) is 16.8. The second-order valence-corrected chi connectivity index (χ2v) is 15.9. The summed E-state index contributed by atoms with van der Waals surface area (Å²) in [4.78, 5) is 26.7. The molecule has 0 spiro atoms. The molecule has 7 nitrogen and oxygen atoms in total. The second kappa shape index (κ2) is 6.96. The van der Waals surface area contributed by atoms with Gasteiger partial charge in [-0.05, 0) is 39.1 Å². The van der Waals surface area contributed by atoms with Gasteiger partial charge in [0.25, 0.3) is 0 Å². The first-order valence-corrected chi connectivity index (χ1v) is 14.2. The van der Waals surface area contributed by atoms with Crippen LogP contribution in [0.25, 0.3) is 0 Å². The van der Waals surface area contributed by atoms with E-state index in [-0.39, 0.29) is 19.1 Å². The summed E-state index contributed by atoms with van der Waals surface area (Å²) < 4.78 is 35.9. The highest BCUT2D eigenvalue weighted by Crippen LogP contribution is 2.49. The Morgan fingerprint density at radius 2 is 1.79 bits per heavy atom. The van der Waals surface area contributed by atoms with Gasteiger partial charge in [-0.25, -0.2) is 13.2 Å². The van der Waals surface area contributed by atoms with Gasteiger partial charge in [0, 0.05) is 6.61 Å². The first kappa shape index (κ1) is 21.0. The van der Waals surface area contributed by atoms with Gasteiger partial charge in [0.15, 0.2) is 18.2 Å². The molecule has 3 atom stereocenters. The number of amides is 1. The van der Waals surface area contributed by atoms with Gasteiger partial charge in [0.1, 0.15) is 18.0 Å². The molecule has 2 saturated heterocycles. The highest BCUT2D eigenvalue weighted by Gasteiger charge is 2.72. The number of sulfone groups is 1. The summed E-state index contributed by atoms with van der Waals surface area (Å²) in [5, 5.41) is -1.03. The SMILES string of the molecule is CC1(C)[C@H](C(=O)OCc2ccccc2)N2C(=O)[C@@H](CO[Si](C)(C)C)[C@H]2S1(=O)=O. The van der Waals surface area contributed by atoms with Gasteiger partial charge in [-0.1, -0.05) is 30.3 Å². The fraction of sp³-hybridized carbons (Fsp3) is 0.579. The van der Waals surface area contributed by atoms with Crippen LogP contribution in [-0.2, 0) is 35.2 Å². The van der Waals surface area contributed by atoms with Crippen molar-refractivity contribution in [2.75, 3.05) is 6.61 Å². The zero-order valence-corrected chi connectivity index (χ0v) is 18.7. The summed E-state index contributed by atoms with van der Waals surface area (Å²) >= 11 is 0. The van der Waals surface area contributed by atoms with Crippen molar-refractivity contribution >= 4 is 30.0 Å². The minimum Gasteiger partial charge on any atom is -0.459 e. The van der Waals surface area contributed by atoms with Crippen LogP contribution in [0.15, 0.2) is 30.3 Å². The fourth-order valence-corrected chi connectivity index (χ4v) is 6.67. The lowest BCUT2D eigenvalue weighted by atomic mass is 9.92. The normalized spacial score (nSPS) is 27.8. The number of esters is 1. The Morgan fingerprint density at radius 1 is 1.18 bits per heavy atom. The zero-order chi connectivity index (χ0) is 20.9. The Morgan fingerprint density at radius 3 is 2.36 bits per heavy atom. The summed E-state index contributed by atoms with van der Waals surface area (Å²) in [6.07, 6.45) is 0. The number of β-lactam (4-membered cyclic amide) rings is 1. The van der Waals surface area contributed by atoms with E-state index in [2.05, 4.69) is 0 Å². The molecule has 1 amide bonds. The van der Waals surface area contributed by atoms with Crippen LogP contribution in [0.3, 0.4) is 0 Å². The number of carbonyl (C=O) groups excluding carboxylic acids is 2. The lowest BCUT2D eigenvalue weighted by Crippen LogP contribution is -2.65. The Balaban J connectivity index is 1.79. The summed E-state index contributed by atoms with van der Waals surface area (Å²) in [6.45, 7) is 9.00. The third-order valence-electron chi connectivity index (χ3n) is 5.32. The van der Waals surface area contributed by atoms with Gasteiger partial charge >= 0.3 is 5.97 Å². The van der Waals surface area contributed by atoms with Crippen molar-refractivity contribution in [1.82, 2.24) is 4.90 Å². The lowest BCUT2D eigenvalue weighted by Gasteiger charge is -2.43. The molecule has 0 aromatic heterocycles. The van der Waals surface area contributed by atoms with E-state index in [0.717, 1.165) is 5.56 Å². The van der Waals surface area contributed by atoms with Crippen LogP contribution in [-0.4, -0.2) is 56.3 Å². The van der Waals surface area contributed by atoms with Crippen LogP contribution >= 0.6 is 0 Å². The topological polar surface area (TPSA) is 90.0 Å². The Hall–Kier alpha value is -1.71. The molecule has 3 rings (SSSR count). The molecule has 28 heavy (non-hydrogen) atoms. The van der Waals surface area contributed by atoms with E-state index in [9.17, 15) is 18.0 Å².